The van der Waals surface area contributed by atoms with Gasteiger partial charge in [0, 0.05) is 13.0 Å². The Hall–Kier alpha value is -1.68. The number of hydrogen-bond acceptors (Lipinski definition) is 3. The first-order valence-electron chi connectivity index (χ1n) is 6.37. The van der Waals surface area contributed by atoms with Gasteiger partial charge >= 0.3 is 0 Å². The Labute approximate surface area is 106 Å². The van der Waals surface area contributed by atoms with Crippen molar-refractivity contribution in [1.82, 2.24) is 9.97 Å². The van der Waals surface area contributed by atoms with E-state index in [0.29, 0.717) is 11.8 Å². The van der Waals surface area contributed by atoms with E-state index in [1.807, 2.05) is 12.1 Å². The van der Waals surface area contributed by atoms with E-state index in [1.54, 1.807) is 6.07 Å². The Kier molecular flexibility index (Phi) is 4.10. The summed E-state index contributed by atoms with van der Waals surface area (Å²) in [5, 5.41) is 9.50. The molecule has 2 aromatic rings. The molecule has 0 unspecified atom stereocenters. The zero-order valence-electron chi connectivity index (χ0n) is 10.6. The van der Waals surface area contributed by atoms with Crippen molar-refractivity contribution in [3.63, 3.8) is 0 Å². The fourth-order valence-corrected chi connectivity index (χ4v) is 1.99. The molecule has 0 spiro atoms. The molecule has 18 heavy (non-hydrogen) atoms. The van der Waals surface area contributed by atoms with Crippen LogP contribution in [-0.4, -0.2) is 21.7 Å². The number of aromatic amines is 1. The highest BCUT2D eigenvalue weighted by molar-refractivity contribution is 5.78. The number of rotatable bonds is 5. The Morgan fingerprint density at radius 2 is 2.17 bits per heavy atom. The van der Waals surface area contributed by atoms with Crippen molar-refractivity contribution in [1.29, 1.82) is 0 Å². The lowest BCUT2D eigenvalue weighted by atomic mass is 10.1. The summed E-state index contributed by atoms with van der Waals surface area (Å²) in [6.07, 6.45) is 3.47. The minimum Gasteiger partial charge on any atom is -0.396 e. The van der Waals surface area contributed by atoms with Gasteiger partial charge in [0.25, 0.3) is 5.56 Å². The number of aromatic nitrogens is 2. The quantitative estimate of drug-likeness (QED) is 0.845. The van der Waals surface area contributed by atoms with Crippen LogP contribution in [-0.2, 0) is 12.8 Å². The van der Waals surface area contributed by atoms with Crippen LogP contribution in [0.4, 0.5) is 0 Å². The van der Waals surface area contributed by atoms with Gasteiger partial charge in [0.05, 0.1) is 10.9 Å². The van der Waals surface area contributed by atoms with Gasteiger partial charge in [0.15, 0.2) is 0 Å². The highest BCUT2D eigenvalue weighted by Gasteiger charge is 2.04. The number of hydrogen-bond donors (Lipinski definition) is 2. The number of nitrogens with zero attached hydrogens (tertiary/aromatic N) is 1. The SMILES string of the molecule is CCCCc1nc(=O)c2cc(CCO)ccc2[nH]1. The van der Waals surface area contributed by atoms with Crippen LogP contribution in [0.2, 0.25) is 0 Å². The first-order valence-corrected chi connectivity index (χ1v) is 6.37. The second kappa shape index (κ2) is 5.78. The van der Waals surface area contributed by atoms with Crippen LogP contribution in [0, 0.1) is 0 Å². The summed E-state index contributed by atoms with van der Waals surface area (Å²) in [6.45, 7) is 2.20. The van der Waals surface area contributed by atoms with Gasteiger partial charge in [-0.15, -0.1) is 0 Å². The molecule has 0 fully saturated rings. The minimum absolute atomic E-state index is 0.0887. The number of fused-ring (bicyclic) bond motifs is 1. The molecule has 0 aliphatic heterocycles. The lowest BCUT2D eigenvalue weighted by Crippen LogP contribution is -2.12. The molecule has 96 valence electrons. The predicted molar refractivity (Wildman–Crippen MR) is 71.8 cm³/mol. The molecule has 1 aromatic carbocycles. The van der Waals surface area contributed by atoms with Crippen LogP contribution in [0.5, 0.6) is 0 Å². The smallest absolute Gasteiger partial charge is 0.280 e. The molecular formula is C14H18N2O2. The lowest BCUT2D eigenvalue weighted by Gasteiger charge is -2.04. The van der Waals surface area contributed by atoms with E-state index in [9.17, 15) is 4.79 Å². The third-order valence-corrected chi connectivity index (χ3v) is 3.00. The molecule has 0 amide bonds. The summed E-state index contributed by atoms with van der Waals surface area (Å²) in [5.74, 6) is 0.754. The number of benzene rings is 1. The summed E-state index contributed by atoms with van der Waals surface area (Å²) in [7, 11) is 0. The normalized spacial score (nSPS) is 11.0. The number of aryl methyl sites for hydroxylation is 1. The highest BCUT2D eigenvalue weighted by Crippen LogP contribution is 2.11. The summed E-state index contributed by atoms with van der Waals surface area (Å²) < 4.78 is 0. The standard InChI is InChI=1S/C14H18N2O2/c1-2-3-4-13-15-12-6-5-10(7-8-17)9-11(12)14(18)16-13/h5-6,9,17H,2-4,7-8H2,1H3,(H,15,16,18). The highest BCUT2D eigenvalue weighted by atomic mass is 16.2. The maximum atomic E-state index is 11.9. The van der Waals surface area contributed by atoms with Gasteiger partial charge in [-0.2, -0.15) is 4.98 Å². The van der Waals surface area contributed by atoms with Crippen molar-refractivity contribution in [2.45, 2.75) is 32.6 Å². The van der Waals surface area contributed by atoms with Crippen molar-refractivity contribution >= 4 is 10.9 Å². The lowest BCUT2D eigenvalue weighted by molar-refractivity contribution is 0.299. The number of aliphatic hydroxyl groups is 1. The first-order chi connectivity index (χ1) is 8.74. The van der Waals surface area contributed by atoms with Crippen molar-refractivity contribution in [3.8, 4) is 0 Å². The fraction of sp³-hybridized carbons (Fsp3) is 0.429. The van der Waals surface area contributed by atoms with Gasteiger partial charge in [0.1, 0.15) is 5.82 Å². The molecule has 1 heterocycles. The van der Waals surface area contributed by atoms with Crippen LogP contribution in [0.25, 0.3) is 10.9 Å². The topological polar surface area (TPSA) is 66.0 Å². The summed E-state index contributed by atoms with van der Waals surface area (Å²) in [4.78, 5) is 19.2. The van der Waals surface area contributed by atoms with Gasteiger partial charge < -0.3 is 10.1 Å². The zero-order chi connectivity index (χ0) is 13.0. The van der Waals surface area contributed by atoms with E-state index >= 15 is 0 Å². The van der Waals surface area contributed by atoms with Crippen molar-refractivity contribution in [2.24, 2.45) is 0 Å². The van der Waals surface area contributed by atoms with Crippen molar-refractivity contribution in [2.75, 3.05) is 6.61 Å². The first kappa shape index (κ1) is 12.8. The van der Waals surface area contributed by atoms with Gasteiger partial charge in [-0.1, -0.05) is 19.4 Å². The van der Waals surface area contributed by atoms with Crippen molar-refractivity contribution < 1.29 is 5.11 Å². The molecule has 0 bridgehead atoms. The monoisotopic (exact) mass is 246 g/mol. The Morgan fingerprint density at radius 3 is 2.89 bits per heavy atom. The zero-order valence-corrected chi connectivity index (χ0v) is 10.6. The van der Waals surface area contributed by atoms with E-state index in [2.05, 4.69) is 16.9 Å². The fourth-order valence-electron chi connectivity index (χ4n) is 1.99. The van der Waals surface area contributed by atoms with Gasteiger partial charge in [-0.3, -0.25) is 4.79 Å². The van der Waals surface area contributed by atoms with E-state index < -0.39 is 0 Å². The summed E-state index contributed by atoms with van der Waals surface area (Å²) in [5.41, 5.74) is 1.59. The molecule has 1 aromatic heterocycles. The minimum atomic E-state index is -0.186. The van der Waals surface area contributed by atoms with Crippen LogP contribution >= 0.6 is 0 Å². The molecule has 0 aliphatic rings. The van der Waals surface area contributed by atoms with Gasteiger partial charge in [-0.25, -0.2) is 0 Å². The van der Waals surface area contributed by atoms with Crippen molar-refractivity contribution in [3.05, 3.63) is 39.9 Å². The molecular weight excluding hydrogens is 228 g/mol. The van der Waals surface area contributed by atoms with E-state index in [4.69, 9.17) is 5.11 Å². The largest absolute Gasteiger partial charge is 0.396 e. The Bertz CT molecular complexity index is 590. The molecule has 0 aliphatic carbocycles. The molecule has 0 saturated heterocycles. The average molecular weight is 246 g/mol. The van der Waals surface area contributed by atoms with Crippen LogP contribution in [0.1, 0.15) is 31.2 Å². The van der Waals surface area contributed by atoms with Gasteiger partial charge in [0.2, 0.25) is 0 Å². The van der Waals surface area contributed by atoms with Crippen LogP contribution < -0.4 is 5.56 Å². The number of unbranched alkanes of at least 4 members (excludes halogenated alkanes) is 1. The summed E-state index contributed by atoms with van der Waals surface area (Å²) >= 11 is 0. The molecule has 2 rings (SSSR count). The van der Waals surface area contributed by atoms with E-state index in [1.165, 1.54) is 0 Å². The average Bonchev–Trinajstić information content (AvgIpc) is 2.37. The second-order valence-electron chi connectivity index (χ2n) is 4.45. The number of aliphatic hydroxyl groups excluding tert-OH is 1. The van der Waals surface area contributed by atoms with E-state index in [-0.39, 0.29) is 12.2 Å². The maximum Gasteiger partial charge on any atom is 0.280 e. The molecule has 4 nitrogen and oxygen atoms in total. The third kappa shape index (κ3) is 2.76. The van der Waals surface area contributed by atoms with E-state index in [0.717, 1.165) is 36.2 Å². The molecule has 4 heteroatoms. The maximum absolute atomic E-state index is 11.9. The third-order valence-electron chi connectivity index (χ3n) is 3.00. The molecule has 2 N–H and O–H groups in total. The summed E-state index contributed by atoms with van der Waals surface area (Å²) in [6, 6.07) is 5.62. The second-order valence-corrected chi connectivity index (χ2v) is 4.45. The van der Waals surface area contributed by atoms with Gasteiger partial charge in [-0.05, 0) is 30.5 Å². The van der Waals surface area contributed by atoms with Crippen LogP contribution in [0.15, 0.2) is 23.0 Å². The molecule has 0 radical (unpaired) electrons. The Morgan fingerprint density at radius 1 is 1.33 bits per heavy atom. The number of H-pyrrole nitrogens is 1. The predicted octanol–water partition coefficient (Wildman–Crippen LogP) is 1.80. The number of nitrogens with one attached hydrogen (secondary N) is 1. The van der Waals surface area contributed by atoms with Crippen LogP contribution in [0.3, 0.4) is 0 Å². The molecule has 0 atom stereocenters. The molecule has 0 saturated carbocycles. The Balaban J connectivity index is 2.42.